The van der Waals surface area contributed by atoms with E-state index in [9.17, 15) is 10.1 Å². The molecule has 2 aromatic rings. The highest BCUT2D eigenvalue weighted by Crippen LogP contribution is 2.27. The highest BCUT2D eigenvalue weighted by atomic mass is 79.9. The Kier molecular flexibility index (Phi) is 4.79. The molecule has 100 valence electrons. The molecule has 0 aliphatic rings. The molecule has 2 rings (SSSR count). The van der Waals surface area contributed by atoms with E-state index in [1.54, 1.807) is 17.4 Å². The highest BCUT2D eigenvalue weighted by Gasteiger charge is 2.11. The van der Waals surface area contributed by atoms with Gasteiger partial charge in [-0.05, 0) is 28.1 Å². The predicted octanol–water partition coefficient (Wildman–Crippen LogP) is 4.74. The van der Waals surface area contributed by atoms with E-state index in [2.05, 4.69) is 15.9 Å². The Morgan fingerprint density at radius 1 is 1.42 bits per heavy atom. The van der Waals surface area contributed by atoms with Crippen LogP contribution in [0, 0.1) is 10.1 Å². The predicted molar refractivity (Wildman–Crippen MR) is 79.0 cm³/mol. The Morgan fingerprint density at radius 3 is 2.79 bits per heavy atom. The zero-order valence-corrected chi connectivity index (χ0v) is 12.8. The maximum atomic E-state index is 10.7. The van der Waals surface area contributed by atoms with Crippen LogP contribution in [-0.2, 0) is 12.5 Å². The van der Waals surface area contributed by atoms with Crippen molar-refractivity contribution in [2.24, 2.45) is 0 Å². The third kappa shape index (κ3) is 3.68. The number of alkyl halides is 1. The molecule has 4 nitrogen and oxygen atoms in total. The van der Waals surface area contributed by atoms with Gasteiger partial charge in [-0.2, -0.15) is 0 Å². The summed E-state index contributed by atoms with van der Waals surface area (Å²) < 4.78 is 6.66. The van der Waals surface area contributed by atoms with Crippen LogP contribution in [0.25, 0.3) is 0 Å². The number of hydrogen-bond acceptors (Lipinski definition) is 4. The number of non-ortho nitro benzene ring substituents is 1. The molecular weight excluding hydrogens is 354 g/mol. The Morgan fingerprint density at radius 2 is 2.21 bits per heavy atom. The average Bonchev–Trinajstić information content (AvgIpc) is 2.81. The molecule has 0 fully saturated rings. The molecule has 0 amide bonds. The molecule has 0 saturated carbocycles. The van der Waals surface area contributed by atoms with Crippen molar-refractivity contribution < 1.29 is 9.66 Å². The van der Waals surface area contributed by atoms with Crippen LogP contribution in [0.15, 0.2) is 34.1 Å². The fraction of sp³-hybridized carbons (Fsp3) is 0.167. The minimum atomic E-state index is -0.448. The Bertz CT molecular complexity index is 602. The quantitative estimate of drug-likeness (QED) is 0.439. The van der Waals surface area contributed by atoms with Gasteiger partial charge in [0.1, 0.15) is 12.4 Å². The number of ether oxygens (including phenoxy) is 1. The fourth-order valence-corrected chi connectivity index (χ4v) is 3.07. The van der Waals surface area contributed by atoms with Crippen LogP contribution in [0.5, 0.6) is 5.75 Å². The lowest BCUT2D eigenvalue weighted by atomic mass is 10.2. The summed E-state index contributed by atoms with van der Waals surface area (Å²) in [6.45, 7) is 0.415. The van der Waals surface area contributed by atoms with Crippen LogP contribution in [0.2, 0.25) is 0 Å². The van der Waals surface area contributed by atoms with E-state index >= 15 is 0 Å². The maximum Gasteiger partial charge on any atom is 0.270 e. The topological polar surface area (TPSA) is 52.4 Å². The summed E-state index contributed by atoms with van der Waals surface area (Å²) >= 11 is 10.7. The summed E-state index contributed by atoms with van der Waals surface area (Å²) in [5, 5.41) is 12.6. The van der Waals surface area contributed by atoms with E-state index in [-0.39, 0.29) is 11.6 Å². The van der Waals surface area contributed by atoms with Crippen LogP contribution >= 0.6 is 38.9 Å². The van der Waals surface area contributed by atoms with Gasteiger partial charge in [0.05, 0.1) is 10.8 Å². The summed E-state index contributed by atoms with van der Waals surface area (Å²) in [5.74, 6) is 0.746. The fourth-order valence-electron chi connectivity index (χ4n) is 1.50. The summed E-state index contributed by atoms with van der Waals surface area (Å²) in [4.78, 5) is 11.3. The van der Waals surface area contributed by atoms with Gasteiger partial charge in [-0.1, -0.05) is 0 Å². The standard InChI is InChI=1S/C12H9BrClNO3S/c13-9-4-11(19-7-9)6-18-12-2-1-10(15(16)17)3-8(12)5-14/h1-4,7H,5-6H2. The van der Waals surface area contributed by atoms with Crippen LogP contribution in [0.4, 0.5) is 5.69 Å². The first-order valence-corrected chi connectivity index (χ1v) is 7.50. The first-order valence-electron chi connectivity index (χ1n) is 5.29. The first kappa shape index (κ1) is 14.3. The summed E-state index contributed by atoms with van der Waals surface area (Å²) in [6.07, 6.45) is 0. The maximum absolute atomic E-state index is 10.7. The molecule has 1 aromatic heterocycles. The lowest BCUT2D eigenvalue weighted by molar-refractivity contribution is -0.384. The molecule has 0 bridgehead atoms. The third-order valence-electron chi connectivity index (χ3n) is 2.39. The summed E-state index contributed by atoms with van der Waals surface area (Å²) in [6, 6.07) is 6.40. The van der Waals surface area contributed by atoms with Gasteiger partial charge < -0.3 is 4.74 Å². The van der Waals surface area contributed by atoms with Crippen LogP contribution < -0.4 is 4.74 Å². The molecule has 7 heteroatoms. The van der Waals surface area contributed by atoms with Crippen molar-refractivity contribution in [1.82, 2.24) is 0 Å². The van der Waals surface area contributed by atoms with Gasteiger partial charge >= 0.3 is 0 Å². The molecule has 0 N–H and O–H groups in total. The smallest absolute Gasteiger partial charge is 0.270 e. The van der Waals surface area contributed by atoms with Crippen LogP contribution in [0.3, 0.4) is 0 Å². The molecule has 0 unspecified atom stereocenters. The summed E-state index contributed by atoms with van der Waals surface area (Å²) in [5.41, 5.74) is 0.633. The van der Waals surface area contributed by atoms with E-state index in [1.165, 1.54) is 12.1 Å². The van der Waals surface area contributed by atoms with Gasteiger partial charge in [0.25, 0.3) is 5.69 Å². The van der Waals surface area contributed by atoms with Crippen molar-refractivity contribution in [3.8, 4) is 5.75 Å². The molecule has 0 atom stereocenters. The zero-order valence-electron chi connectivity index (χ0n) is 9.64. The molecular formula is C12H9BrClNO3S. The lowest BCUT2D eigenvalue weighted by Crippen LogP contribution is -1.97. The van der Waals surface area contributed by atoms with E-state index in [0.29, 0.717) is 17.9 Å². The molecule has 19 heavy (non-hydrogen) atoms. The number of halogens is 2. The van der Waals surface area contributed by atoms with Crippen LogP contribution in [0.1, 0.15) is 10.4 Å². The monoisotopic (exact) mass is 361 g/mol. The lowest BCUT2D eigenvalue weighted by Gasteiger charge is -2.08. The molecule has 0 radical (unpaired) electrons. The molecule has 1 aromatic carbocycles. The number of rotatable bonds is 5. The number of benzene rings is 1. The van der Waals surface area contributed by atoms with E-state index in [4.69, 9.17) is 16.3 Å². The van der Waals surface area contributed by atoms with Crippen molar-refractivity contribution in [1.29, 1.82) is 0 Å². The van der Waals surface area contributed by atoms with Gasteiger partial charge in [-0.15, -0.1) is 22.9 Å². The molecule has 0 spiro atoms. The van der Waals surface area contributed by atoms with Crippen molar-refractivity contribution in [3.63, 3.8) is 0 Å². The molecule has 0 aliphatic carbocycles. The van der Waals surface area contributed by atoms with Crippen molar-refractivity contribution in [2.75, 3.05) is 0 Å². The van der Waals surface area contributed by atoms with Crippen LogP contribution in [-0.4, -0.2) is 4.92 Å². The average molecular weight is 363 g/mol. The highest BCUT2D eigenvalue weighted by molar-refractivity contribution is 9.10. The number of hydrogen-bond donors (Lipinski definition) is 0. The minimum absolute atomic E-state index is 0.0156. The Balaban J connectivity index is 2.13. The van der Waals surface area contributed by atoms with E-state index in [0.717, 1.165) is 9.35 Å². The number of nitro benzene ring substituents is 1. The SMILES string of the molecule is O=[N+]([O-])c1ccc(OCc2cc(Br)cs2)c(CCl)c1. The van der Waals surface area contributed by atoms with Crippen molar-refractivity contribution in [3.05, 3.63) is 54.7 Å². The minimum Gasteiger partial charge on any atom is -0.488 e. The molecule has 1 heterocycles. The van der Waals surface area contributed by atoms with Gasteiger partial charge in [-0.25, -0.2) is 0 Å². The van der Waals surface area contributed by atoms with E-state index in [1.807, 2.05) is 11.4 Å². The first-order chi connectivity index (χ1) is 9.10. The molecule has 0 saturated heterocycles. The van der Waals surface area contributed by atoms with Gasteiger partial charge in [0.2, 0.25) is 0 Å². The Hall–Kier alpha value is -1.11. The normalized spacial score (nSPS) is 10.4. The number of nitro groups is 1. The number of nitrogens with zero attached hydrogens (tertiary/aromatic N) is 1. The second kappa shape index (κ2) is 6.36. The molecule has 0 aliphatic heterocycles. The van der Waals surface area contributed by atoms with Gasteiger partial charge in [-0.3, -0.25) is 10.1 Å². The Labute approximate surface area is 127 Å². The third-order valence-corrected chi connectivity index (χ3v) is 4.35. The largest absolute Gasteiger partial charge is 0.488 e. The van der Waals surface area contributed by atoms with Crippen molar-refractivity contribution in [2.45, 2.75) is 12.5 Å². The number of thiophene rings is 1. The second-order valence-electron chi connectivity index (χ2n) is 3.70. The zero-order chi connectivity index (χ0) is 13.8. The van der Waals surface area contributed by atoms with Gasteiger partial charge in [0.15, 0.2) is 0 Å². The van der Waals surface area contributed by atoms with E-state index < -0.39 is 4.92 Å². The summed E-state index contributed by atoms with van der Waals surface area (Å²) in [7, 11) is 0. The second-order valence-corrected chi connectivity index (χ2v) is 5.88. The van der Waals surface area contributed by atoms with Gasteiger partial charge in [0, 0.05) is 32.4 Å². The van der Waals surface area contributed by atoms with Crippen molar-refractivity contribution >= 4 is 44.6 Å².